The van der Waals surface area contributed by atoms with Crippen LogP contribution in [0.15, 0.2) is 16.6 Å². The van der Waals surface area contributed by atoms with Crippen LogP contribution in [0.2, 0.25) is 0 Å². The molecule has 116 valence electrons. The van der Waals surface area contributed by atoms with Gasteiger partial charge in [-0.2, -0.15) is 0 Å². The first-order chi connectivity index (χ1) is 10.0. The Balaban J connectivity index is 2.17. The Morgan fingerprint density at radius 3 is 2.67 bits per heavy atom. The Hall–Kier alpha value is -1.14. The number of nitrogens with two attached hydrogens (primary N) is 1. The zero-order chi connectivity index (χ0) is 15.4. The maximum Gasteiger partial charge on any atom is 0.273 e. The second kappa shape index (κ2) is 7.22. The van der Waals surface area contributed by atoms with Crippen LogP contribution in [0, 0.1) is 23.0 Å². The average molecular weight is 356 g/mol. The molecule has 0 spiro atoms. The van der Waals surface area contributed by atoms with Gasteiger partial charge < -0.3 is 11.1 Å². The monoisotopic (exact) mass is 355 g/mol. The molecule has 1 saturated carbocycles. The van der Waals surface area contributed by atoms with Gasteiger partial charge in [-0.3, -0.25) is 10.1 Å². The first kappa shape index (κ1) is 16.2. The van der Waals surface area contributed by atoms with Crippen LogP contribution in [0.4, 0.5) is 11.4 Å². The van der Waals surface area contributed by atoms with Crippen molar-refractivity contribution in [3.05, 3.63) is 32.3 Å². The van der Waals surface area contributed by atoms with Gasteiger partial charge in [0.15, 0.2) is 0 Å². The van der Waals surface area contributed by atoms with E-state index in [1.807, 2.05) is 6.07 Å². The van der Waals surface area contributed by atoms with E-state index in [9.17, 15) is 10.1 Å². The van der Waals surface area contributed by atoms with Crippen molar-refractivity contribution in [3.63, 3.8) is 0 Å². The molecule has 0 heterocycles. The Kier molecular flexibility index (Phi) is 5.58. The highest BCUT2D eigenvalue weighted by Gasteiger charge is 2.24. The zero-order valence-electron chi connectivity index (χ0n) is 12.3. The van der Waals surface area contributed by atoms with Gasteiger partial charge in [0, 0.05) is 34.4 Å². The topological polar surface area (TPSA) is 81.2 Å². The van der Waals surface area contributed by atoms with Crippen LogP contribution in [0.3, 0.4) is 0 Å². The molecule has 6 heteroatoms. The molecule has 5 nitrogen and oxygen atoms in total. The van der Waals surface area contributed by atoms with E-state index in [0.29, 0.717) is 22.5 Å². The number of nitro benzene ring substituents is 1. The van der Waals surface area contributed by atoms with Gasteiger partial charge in [0.2, 0.25) is 0 Å². The maximum absolute atomic E-state index is 11.0. The summed E-state index contributed by atoms with van der Waals surface area (Å²) in [6, 6.07) is 3.61. The minimum absolute atomic E-state index is 0.134. The summed E-state index contributed by atoms with van der Waals surface area (Å²) in [5.74, 6) is 0.589. The van der Waals surface area contributed by atoms with E-state index in [-0.39, 0.29) is 16.7 Å². The number of anilines is 1. The lowest BCUT2D eigenvalue weighted by atomic mass is 9.84. The smallest absolute Gasteiger partial charge is 0.273 e. The lowest BCUT2D eigenvalue weighted by Crippen LogP contribution is -2.37. The molecule has 0 bridgehead atoms. The van der Waals surface area contributed by atoms with Crippen LogP contribution in [0.5, 0.6) is 0 Å². The van der Waals surface area contributed by atoms with Crippen molar-refractivity contribution in [1.29, 1.82) is 0 Å². The Morgan fingerprint density at radius 2 is 2.10 bits per heavy atom. The van der Waals surface area contributed by atoms with Crippen LogP contribution in [-0.2, 0) is 0 Å². The molecular weight excluding hydrogens is 334 g/mol. The van der Waals surface area contributed by atoms with Gasteiger partial charge in [-0.1, -0.05) is 19.3 Å². The third-order valence-electron chi connectivity index (χ3n) is 4.30. The summed E-state index contributed by atoms with van der Waals surface area (Å²) in [5.41, 5.74) is 7.61. The van der Waals surface area contributed by atoms with Gasteiger partial charge in [0.25, 0.3) is 5.69 Å². The fourth-order valence-corrected chi connectivity index (χ4v) is 3.53. The predicted molar refractivity (Wildman–Crippen MR) is 88.6 cm³/mol. The minimum atomic E-state index is -0.356. The van der Waals surface area contributed by atoms with E-state index in [4.69, 9.17) is 5.73 Å². The lowest BCUT2D eigenvalue weighted by Gasteiger charge is -2.31. The number of nitro groups is 1. The molecule has 0 aromatic heterocycles. The highest BCUT2D eigenvalue weighted by molar-refractivity contribution is 9.10. The fraction of sp³-hybridized carbons (Fsp3) is 0.600. The summed E-state index contributed by atoms with van der Waals surface area (Å²) >= 11 is 3.42. The zero-order valence-corrected chi connectivity index (χ0v) is 13.9. The number of hydrogen-bond donors (Lipinski definition) is 2. The van der Waals surface area contributed by atoms with Gasteiger partial charge in [-0.25, -0.2) is 0 Å². The number of benzene rings is 1. The minimum Gasteiger partial charge on any atom is -0.380 e. The first-order valence-corrected chi connectivity index (χ1v) is 8.23. The maximum atomic E-state index is 11.0. The van der Waals surface area contributed by atoms with E-state index in [0.717, 1.165) is 5.69 Å². The standard InChI is InChI=1S/C15H22BrN3O2/c1-10-7-13(12(16)8-15(10)19(20)21)18-14(9-17)11-5-3-2-4-6-11/h7-8,11,14,18H,2-6,9,17H2,1H3. The molecule has 2 rings (SSSR count). The fourth-order valence-electron chi connectivity index (χ4n) is 3.08. The van der Waals surface area contributed by atoms with E-state index < -0.39 is 0 Å². The van der Waals surface area contributed by atoms with Crippen molar-refractivity contribution >= 4 is 27.3 Å². The normalized spacial score (nSPS) is 17.5. The van der Waals surface area contributed by atoms with Crippen molar-refractivity contribution in [2.24, 2.45) is 11.7 Å². The largest absolute Gasteiger partial charge is 0.380 e. The van der Waals surface area contributed by atoms with Gasteiger partial charge >= 0.3 is 0 Å². The van der Waals surface area contributed by atoms with Gasteiger partial charge in [0.1, 0.15) is 0 Å². The summed E-state index contributed by atoms with van der Waals surface area (Å²) in [4.78, 5) is 10.6. The van der Waals surface area contributed by atoms with Crippen LogP contribution < -0.4 is 11.1 Å². The summed E-state index contributed by atoms with van der Waals surface area (Å²) < 4.78 is 0.717. The van der Waals surface area contributed by atoms with E-state index in [1.54, 1.807) is 13.0 Å². The highest BCUT2D eigenvalue weighted by Crippen LogP contribution is 2.33. The van der Waals surface area contributed by atoms with Crippen molar-refractivity contribution in [3.8, 4) is 0 Å². The van der Waals surface area contributed by atoms with Crippen LogP contribution in [-0.4, -0.2) is 17.5 Å². The van der Waals surface area contributed by atoms with Crippen LogP contribution >= 0.6 is 15.9 Å². The quantitative estimate of drug-likeness (QED) is 0.618. The molecule has 1 aliphatic rings. The average Bonchev–Trinajstić information content (AvgIpc) is 2.48. The molecule has 0 amide bonds. The Bertz CT molecular complexity index is 516. The summed E-state index contributed by atoms with van der Waals surface area (Å²) in [5, 5.41) is 14.4. The molecule has 3 N–H and O–H groups in total. The van der Waals surface area contributed by atoms with Crippen molar-refractivity contribution < 1.29 is 4.92 Å². The van der Waals surface area contributed by atoms with Crippen molar-refractivity contribution in [2.45, 2.75) is 45.1 Å². The van der Waals surface area contributed by atoms with Crippen LogP contribution in [0.25, 0.3) is 0 Å². The van der Waals surface area contributed by atoms with Crippen LogP contribution in [0.1, 0.15) is 37.7 Å². The summed E-state index contributed by atoms with van der Waals surface area (Å²) in [6.45, 7) is 2.33. The predicted octanol–water partition coefficient (Wildman–Crippen LogP) is 3.99. The van der Waals surface area contributed by atoms with E-state index >= 15 is 0 Å². The second-order valence-electron chi connectivity index (χ2n) is 5.76. The number of nitrogens with one attached hydrogen (secondary N) is 1. The molecule has 1 atom stereocenters. The number of rotatable bonds is 5. The summed E-state index contributed by atoms with van der Waals surface area (Å²) in [6.07, 6.45) is 6.26. The third kappa shape index (κ3) is 3.95. The molecule has 0 saturated heterocycles. The first-order valence-electron chi connectivity index (χ1n) is 7.44. The molecule has 1 aromatic rings. The Morgan fingerprint density at radius 1 is 1.43 bits per heavy atom. The molecule has 1 aliphatic carbocycles. The van der Waals surface area contributed by atoms with Crippen molar-refractivity contribution in [2.75, 3.05) is 11.9 Å². The molecule has 1 unspecified atom stereocenters. The number of halogens is 1. The third-order valence-corrected chi connectivity index (χ3v) is 4.95. The lowest BCUT2D eigenvalue weighted by molar-refractivity contribution is -0.385. The number of hydrogen-bond acceptors (Lipinski definition) is 4. The van der Waals surface area contributed by atoms with E-state index in [2.05, 4.69) is 21.2 Å². The highest BCUT2D eigenvalue weighted by atomic mass is 79.9. The molecule has 0 radical (unpaired) electrons. The van der Waals surface area contributed by atoms with E-state index in [1.165, 1.54) is 32.1 Å². The molecular formula is C15H22BrN3O2. The summed E-state index contributed by atoms with van der Waals surface area (Å²) in [7, 11) is 0. The molecule has 21 heavy (non-hydrogen) atoms. The second-order valence-corrected chi connectivity index (χ2v) is 6.61. The molecule has 1 aromatic carbocycles. The van der Waals surface area contributed by atoms with Crippen molar-refractivity contribution in [1.82, 2.24) is 0 Å². The SMILES string of the molecule is Cc1cc(NC(CN)C2CCCCC2)c(Br)cc1[N+](=O)[O-]. The van der Waals surface area contributed by atoms with Gasteiger partial charge in [0.05, 0.1) is 4.92 Å². The Labute approximate surface area is 133 Å². The van der Waals surface area contributed by atoms with Gasteiger partial charge in [-0.15, -0.1) is 0 Å². The molecule has 0 aliphatic heterocycles. The molecule has 1 fully saturated rings. The number of nitrogens with zero attached hydrogens (tertiary/aromatic N) is 1. The number of aryl methyl sites for hydroxylation is 1. The van der Waals surface area contributed by atoms with Gasteiger partial charge in [-0.05, 0) is 47.7 Å².